The minimum absolute atomic E-state index is 0.245. The number of hydrogen-bond donors (Lipinski definition) is 1. The predicted octanol–water partition coefficient (Wildman–Crippen LogP) is 4.31. The third kappa shape index (κ3) is 4.72. The van der Waals surface area contributed by atoms with E-state index < -0.39 is 6.10 Å². The number of rotatable bonds is 8. The molecule has 3 aromatic rings. The molecule has 1 amide bonds. The Kier molecular flexibility index (Phi) is 6.43. The van der Waals surface area contributed by atoms with Gasteiger partial charge in [-0.3, -0.25) is 10.1 Å². The molecular formula is C18H19N3O3S2. The molecule has 3 rings (SSSR count). The fourth-order valence-electron chi connectivity index (χ4n) is 2.29. The summed E-state index contributed by atoms with van der Waals surface area (Å²) >= 11 is 2.98. The molecule has 1 N–H and O–H groups in total. The Hall–Kier alpha value is -2.16. The predicted molar refractivity (Wildman–Crippen MR) is 102 cm³/mol. The fourth-order valence-corrected chi connectivity index (χ4v) is 4.02. The molecule has 8 heteroatoms. The van der Waals surface area contributed by atoms with E-state index in [9.17, 15) is 4.79 Å². The highest BCUT2D eigenvalue weighted by atomic mass is 32.2. The van der Waals surface area contributed by atoms with Crippen LogP contribution in [0, 0.1) is 0 Å². The van der Waals surface area contributed by atoms with E-state index in [0.717, 1.165) is 22.0 Å². The van der Waals surface area contributed by atoms with Crippen LogP contribution >= 0.6 is 23.1 Å². The van der Waals surface area contributed by atoms with Gasteiger partial charge in [0.25, 0.3) is 5.91 Å². The summed E-state index contributed by atoms with van der Waals surface area (Å²) in [5.74, 6) is 1.95. The smallest absolute Gasteiger partial charge is 0.259 e. The lowest BCUT2D eigenvalue weighted by Gasteiger charge is -2.14. The number of carbonyl (C=O) groups is 1. The minimum atomic E-state index is -0.670. The highest BCUT2D eigenvalue weighted by Gasteiger charge is 2.21. The van der Waals surface area contributed by atoms with Gasteiger partial charge in [0, 0.05) is 13.5 Å². The van der Waals surface area contributed by atoms with Crippen LogP contribution in [0.4, 0.5) is 5.13 Å². The molecule has 0 aliphatic carbocycles. The summed E-state index contributed by atoms with van der Waals surface area (Å²) < 4.78 is 11.9. The minimum Gasteiger partial charge on any atom is -0.445 e. The molecule has 1 unspecified atom stereocenters. The molecule has 2 heterocycles. The summed E-state index contributed by atoms with van der Waals surface area (Å²) in [5.41, 5.74) is 0.800. The Morgan fingerprint density at radius 1 is 1.31 bits per heavy atom. The van der Waals surface area contributed by atoms with Crippen LogP contribution in [0.1, 0.15) is 30.2 Å². The van der Waals surface area contributed by atoms with Gasteiger partial charge in [-0.25, -0.2) is 9.97 Å². The maximum Gasteiger partial charge on any atom is 0.259 e. The van der Waals surface area contributed by atoms with Crippen molar-refractivity contribution in [3.63, 3.8) is 0 Å². The first kappa shape index (κ1) is 18.6. The first-order valence-corrected chi connectivity index (χ1v) is 9.90. The second kappa shape index (κ2) is 8.98. The van der Waals surface area contributed by atoms with Crippen LogP contribution in [0.15, 0.2) is 51.4 Å². The monoisotopic (exact) mass is 389 g/mol. The van der Waals surface area contributed by atoms with Crippen LogP contribution in [-0.4, -0.2) is 23.0 Å². The molecule has 0 aliphatic heterocycles. The molecule has 0 fully saturated rings. The summed E-state index contributed by atoms with van der Waals surface area (Å²) in [6.07, 6.45) is 3.65. The van der Waals surface area contributed by atoms with E-state index in [-0.39, 0.29) is 5.91 Å². The topological polar surface area (TPSA) is 77.2 Å². The summed E-state index contributed by atoms with van der Waals surface area (Å²) in [6.45, 7) is 2.03. The number of anilines is 1. The molecule has 1 atom stereocenters. The van der Waals surface area contributed by atoms with Crippen molar-refractivity contribution in [2.45, 2.75) is 29.4 Å². The molecule has 2 aromatic heterocycles. The molecule has 1 aromatic carbocycles. The molecule has 26 heavy (non-hydrogen) atoms. The lowest BCUT2D eigenvalue weighted by Crippen LogP contribution is -2.22. The standard InChI is InChI=1S/C18H19N3O3S2/c1-3-13-9-19-14(24-13)11-25-15-10-20-18(26-15)21-17(22)16(23-2)12-7-5-4-6-8-12/h4-10,16H,3,11H2,1-2H3,(H,20,21,22). The molecule has 136 valence electrons. The summed E-state index contributed by atoms with van der Waals surface area (Å²) in [5, 5.41) is 3.35. The Labute approximate surface area is 160 Å². The van der Waals surface area contributed by atoms with Crippen LogP contribution in [-0.2, 0) is 21.7 Å². The molecule has 0 saturated carbocycles. The maximum absolute atomic E-state index is 12.5. The summed E-state index contributed by atoms with van der Waals surface area (Å²) in [7, 11) is 1.52. The third-order valence-corrected chi connectivity index (χ3v) is 5.67. The molecule has 0 bridgehead atoms. The normalized spacial score (nSPS) is 12.1. The van der Waals surface area contributed by atoms with E-state index in [1.807, 2.05) is 37.3 Å². The molecule has 6 nitrogen and oxygen atoms in total. The lowest BCUT2D eigenvalue weighted by atomic mass is 10.1. The van der Waals surface area contributed by atoms with Gasteiger partial charge in [0.05, 0.1) is 22.4 Å². The van der Waals surface area contributed by atoms with Gasteiger partial charge >= 0.3 is 0 Å². The van der Waals surface area contributed by atoms with Crippen LogP contribution < -0.4 is 5.32 Å². The van der Waals surface area contributed by atoms with E-state index in [1.54, 1.807) is 24.2 Å². The van der Waals surface area contributed by atoms with Crippen molar-refractivity contribution in [2.75, 3.05) is 12.4 Å². The third-order valence-electron chi connectivity index (χ3n) is 3.58. The average molecular weight is 390 g/mol. The Balaban J connectivity index is 1.58. The van der Waals surface area contributed by atoms with E-state index in [4.69, 9.17) is 9.15 Å². The summed E-state index contributed by atoms with van der Waals surface area (Å²) in [6, 6.07) is 9.37. The lowest BCUT2D eigenvalue weighted by molar-refractivity contribution is -0.126. The number of aromatic nitrogens is 2. The Bertz CT molecular complexity index is 848. The number of carbonyl (C=O) groups excluding carboxylic acids is 1. The largest absolute Gasteiger partial charge is 0.445 e. The van der Waals surface area contributed by atoms with Gasteiger partial charge in [-0.05, 0) is 5.56 Å². The number of oxazole rings is 1. The van der Waals surface area contributed by atoms with Crippen molar-refractivity contribution in [1.82, 2.24) is 9.97 Å². The Morgan fingerprint density at radius 2 is 2.12 bits per heavy atom. The number of nitrogens with one attached hydrogen (secondary N) is 1. The second-order valence-corrected chi connectivity index (χ2v) is 7.67. The van der Waals surface area contributed by atoms with Gasteiger partial charge in [0.2, 0.25) is 5.89 Å². The number of methoxy groups -OCH3 is 1. The molecule has 0 aliphatic rings. The van der Waals surface area contributed by atoms with Gasteiger partial charge in [-0.1, -0.05) is 48.6 Å². The van der Waals surface area contributed by atoms with Gasteiger partial charge in [0.1, 0.15) is 5.76 Å². The van der Waals surface area contributed by atoms with E-state index >= 15 is 0 Å². The highest BCUT2D eigenvalue weighted by Crippen LogP contribution is 2.31. The molecule has 0 radical (unpaired) electrons. The van der Waals surface area contributed by atoms with E-state index in [0.29, 0.717) is 16.8 Å². The van der Waals surface area contributed by atoms with E-state index in [1.165, 1.54) is 18.4 Å². The van der Waals surface area contributed by atoms with Crippen molar-refractivity contribution < 1.29 is 13.9 Å². The number of benzene rings is 1. The van der Waals surface area contributed by atoms with Gasteiger partial charge in [-0.15, -0.1) is 11.8 Å². The first-order chi connectivity index (χ1) is 12.7. The summed E-state index contributed by atoms with van der Waals surface area (Å²) in [4.78, 5) is 21.0. The van der Waals surface area contributed by atoms with Crippen LogP contribution in [0.3, 0.4) is 0 Å². The number of nitrogens with zero attached hydrogens (tertiary/aromatic N) is 2. The van der Waals surface area contributed by atoms with Crippen LogP contribution in [0.2, 0.25) is 0 Å². The quantitative estimate of drug-likeness (QED) is 0.579. The van der Waals surface area contributed by atoms with Crippen LogP contribution in [0.25, 0.3) is 0 Å². The number of amides is 1. The zero-order chi connectivity index (χ0) is 18.4. The second-order valence-electron chi connectivity index (χ2n) is 5.36. The number of thioether (sulfide) groups is 1. The Morgan fingerprint density at radius 3 is 2.81 bits per heavy atom. The zero-order valence-corrected chi connectivity index (χ0v) is 16.1. The number of thiazole rings is 1. The van der Waals surface area contributed by atoms with Crippen LogP contribution in [0.5, 0.6) is 0 Å². The van der Waals surface area contributed by atoms with Crippen molar-refractivity contribution >= 4 is 34.1 Å². The zero-order valence-electron chi connectivity index (χ0n) is 14.5. The highest BCUT2D eigenvalue weighted by molar-refractivity contribution is 8.00. The average Bonchev–Trinajstić information content (AvgIpc) is 3.30. The number of ether oxygens (including phenoxy) is 1. The van der Waals surface area contributed by atoms with Crippen molar-refractivity contribution in [3.05, 3.63) is 59.9 Å². The van der Waals surface area contributed by atoms with E-state index in [2.05, 4.69) is 15.3 Å². The SMILES string of the molecule is CCc1cnc(CSc2cnc(NC(=O)C(OC)c3ccccc3)s2)o1. The van der Waals surface area contributed by atoms with Crippen molar-refractivity contribution in [3.8, 4) is 0 Å². The number of aryl methyl sites for hydroxylation is 1. The van der Waals surface area contributed by atoms with Gasteiger partial charge in [0.15, 0.2) is 11.2 Å². The van der Waals surface area contributed by atoms with Gasteiger partial charge < -0.3 is 9.15 Å². The molecular weight excluding hydrogens is 370 g/mol. The first-order valence-electron chi connectivity index (χ1n) is 8.10. The molecule has 0 spiro atoms. The molecule has 0 saturated heterocycles. The fraction of sp³-hybridized carbons (Fsp3) is 0.278. The van der Waals surface area contributed by atoms with Gasteiger partial charge in [-0.2, -0.15) is 0 Å². The van der Waals surface area contributed by atoms with Crippen molar-refractivity contribution in [2.24, 2.45) is 0 Å². The van der Waals surface area contributed by atoms with Crippen molar-refractivity contribution in [1.29, 1.82) is 0 Å². The number of hydrogen-bond acceptors (Lipinski definition) is 7. The maximum atomic E-state index is 12.5.